The fourth-order valence-corrected chi connectivity index (χ4v) is 4.96. The van der Waals surface area contributed by atoms with Crippen molar-refractivity contribution in [1.82, 2.24) is 10.2 Å². The minimum Gasteiger partial charge on any atom is -0.307 e. The number of aryl methyl sites for hydroxylation is 1. The number of carbonyl (C=O) groups is 2. The second-order valence-electron chi connectivity index (χ2n) is 7.14. The number of halogens is 2. The number of anilines is 2. The number of rotatable bonds is 4. The lowest BCUT2D eigenvalue weighted by Crippen LogP contribution is -2.30. The van der Waals surface area contributed by atoms with E-state index >= 15 is 0 Å². The molecule has 4 rings (SSSR count). The molecule has 0 saturated heterocycles. The fraction of sp³-hybridized carbons (Fsp3) is 0.182. The molecule has 31 heavy (non-hydrogen) atoms. The van der Waals surface area contributed by atoms with Crippen LogP contribution in [0.1, 0.15) is 35.0 Å². The highest BCUT2D eigenvalue weighted by atomic mass is 79.9. The van der Waals surface area contributed by atoms with E-state index in [1.54, 1.807) is 17.9 Å². The highest BCUT2D eigenvalue weighted by molar-refractivity contribution is 9.15. The first-order chi connectivity index (χ1) is 14.8. The number of amides is 2. The molecule has 3 aromatic rings. The molecule has 6 nitrogen and oxygen atoms in total. The molecule has 0 fully saturated rings. The van der Waals surface area contributed by atoms with Gasteiger partial charge in [0.2, 0.25) is 16.9 Å². The minimum atomic E-state index is -0.299. The van der Waals surface area contributed by atoms with E-state index in [1.165, 1.54) is 24.3 Å². The van der Waals surface area contributed by atoms with Gasteiger partial charge in [-0.2, -0.15) is 0 Å². The van der Waals surface area contributed by atoms with Crippen molar-refractivity contribution in [1.29, 1.82) is 0 Å². The van der Waals surface area contributed by atoms with Gasteiger partial charge in [-0.3, -0.25) is 9.59 Å². The number of aromatic nitrogens is 2. The molecule has 158 valence electrons. The van der Waals surface area contributed by atoms with Gasteiger partial charge in [0.1, 0.15) is 10.8 Å². The van der Waals surface area contributed by atoms with Crippen LogP contribution in [-0.2, 0) is 16.1 Å². The Bertz CT molecular complexity index is 1220. The zero-order chi connectivity index (χ0) is 22.1. The highest BCUT2D eigenvalue weighted by Gasteiger charge is 2.29. The Hall–Kier alpha value is -2.91. The molecule has 0 bridgehead atoms. The van der Waals surface area contributed by atoms with Crippen LogP contribution >= 0.6 is 27.3 Å². The fourth-order valence-electron chi connectivity index (χ4n) is 3.32. The van der Waals surface area contributed by atoms with Gasteiger partial charge in [0.25, 0.3) is 0 Å². The average molecular weight is 501 g/mol. The van der Waals surface area contributed by atoms with Gasteiger partial charge in [-0.15, -0.1) is 10.2 Å². The van der Waals surface area contributed by atoms with E-state index in [1.807, 2.05) is 30.3 Å². The summed E-state index contributed by atoms with van der Waals surface area (Å²) in [5.41, 5.74) is 3.50. The summed E-state index contributed by atoms with van der Waals surface area (Å²) >= 11 is 4.86. The van der Waals surface area contributed by atoms with Crippen molar-refractivity contribution < 1.29 is 14.0 Å². The first kappa shape index (κ1) is 21.3. The molecule has 1 aliphatic heterocycles. The van der Waals surface area contributed by atoms with Crippen molar-refractivity contribution in [2.24, 2.45) is 0 Å². The summed E-state index contributed by atoms with van der Waals surface area (Å²) in [6.45, 7) is 3.34. The van der Waals surface area contributed by atoms with Crippen LogP contribution in [0, 0.1) is 12.7 Å². The first-order valence-electron chi connectivity index (χ1n) is 9.48. The third-order valence-electron chi connectivity index (χ3n) is 4.87. The van der Waals surface area contributed by atoms with E-state index in [-0.39, 0.29) is 30.6 Å². The zero-order valence-corrected chi connectivity index (χ0v) is 19.2. The van der Waals surface area contributed by atoms with Crippen LogP contribution in [0.15, 0.2) is 42.5 Å². The van der Waals surface area contributed by atoms with E-state index in [0.29, 0.717) is 26.8 Å². The molecule has 0 atom stereocenters. The summed E-state index contributed by atoms with van der Waals surface area (Å²) in [7, 11) is 0. The minimum absolute atomic E-state index is 0.0817. The van der Waals surface area contributed by atoms with E-state index in [0.717, 1.165) is 15.7 Å². The van der Waals surface area contributed by atoms with E-state index < -0.39 is 0 Å². The molecule has 0 spiro atoms. The van der Waals surface area contributed by atoms with Crippen molar-refractivity contribution in [3.8, 4) is 0 Å². The maximum Gasteiger partial charge on any atom is 0.231 e. The number of para-hydroxylation sites is 1. The van der Waals surface area contributed by atoms with Gasteiger partial charge in [0.05, 0.1) is 18.7 Å². The molecule has 9 heteroatoms. The summed E-state index contributed by atoms with van der Waals surface area (Å²) in [5.74, 6) is -0.684. The Morgan fingerprint density at radius 2 is 2.03 bits per heavy atom. The molecule has 2 heterocycles. The van der Waals surface area contributed by atoms with E-state index in [9.17, 15) is 14.0 Å². The van der Waals surface area contributed by atoms with Gasteiger partial charge >= 0.3 is 0 Å². The number of carbonyl (C=O) groups excluding carboxylic acids is 2. The van der Waals surface area contributed by atoms with Crippen molar-refractivity contribution >= 4 is 60.0 Å². The SMILES string of the molecule is CC(=O)Nc1nnc(C2=C(Br)c3ccccc3N(Cc3ccc(C)c(F)c3)C(=O)C2)s1. The monoisotopic (exact) mass is 500 g/mol. The van der Waals surface area contributed by atoms with Crippen LogP contribution in [0.4, 0.5) is 15.2 Å². The van der Waals surface area contributed by atoms with Gasteiger partial charge < -0.3 is 10.2 Å². The van der Waals surface area contributed by atoms with E-state index in [2.05, 4.69) is 31.4 Å². The molecule has 0 aliphatic carbocycles. The molecule has 0 saturated carbocycles. The summed E-state index contributed by atoms with van der Waals surface area (Å²) in [6.07, 6.45) is 0.0817. The Morgan fingerprint density at radius 1 is 1.26 bits per heavy atom. The van der Waals surface area contributed by atoms with Gasteiger partial charge in [-0.05, 0) is 46.1 Å². The van der Waals surface area contributed by atoms with E-state index in [4.69, 9.17) is 0 Å². The van der Waals surface area contributed by atoms with Crippen molar-refractivity contribution in [2.45, 2.75) is 26.8 Å². The smallest absolute Gasteiger partial charge is 0.231 e. The molecular weight excluding hydrogens is 483 g/mol. The molecule has 2 aromatic carbocycles. The molecular formula is C22H18BrFN4O2S. The van der Waals surface area contributed by atoms with Crippen molar-refractivity contribution in [3.63, 3.8) is 0 Å². The second-order valence-corrected chi connectivity index (χ2v) is 8.91. The normalized spacial score (nSPS) is 13.8. The first-order valence-corrected chi connectivity index (χ1v) is 11.1. The lowest BCUT2D eigenvalue weighted by atomic mass is 10.1. The topological polar surface area (TPSA) is 75.2 Å². The zero-order valence-electron chi connectivity index (χ0n) is 16.8. The van der Waals surface area contributed by atoms with Crippen LogP contribution in [-0.4, -0.2) is 22.0 Å². The van der Waals surface area contributed by atoms with Crippen LogP contribution in [0.25, 0.3) is 10.1 Å². The lowest BCUT2D eigenvalue weighted by Gasteiger charge is -2.23. The number of nitrogens with zero attached hydrogens (tertiary/aromatic N) is 3. The van der Waals surface area contributed by atoms with Gasteiger partial charge in [-0.1, -0.05) is 41.7 Å². The largest absolute Gasteiger partial charge is 0.307 e. The molecule has 0 unspecified atom stereocenters. The molecule has 0 radical (unpaired) electrons. The maximum atomic E-state index is 14.1. The highest BCUT2D eigenvalue weighted by Crippen LogP contribution is 2.43. The molecule has 1 aliphatic rings. The Labute approximate surface area is 190 Å². The Kier molecular flexibility index (Phi) is 5.97. The summed E-state index contributed by atoms with van der Waals surface area (Å²) in [5, 5.41) is 11.7. The Balaban J connectivity index is 1.74. The number of nitrogens with one attached hydrogen (secondary N) is 1. The predicted octanol–water partition coefficient (Wildman–Crippen LogP) is 5.14. The standard InChI is InChI=1S/C22H18BrFN4O2S/c1-12-7-8-14(9-17(12)24)11-28-18-6-4-3-5-15(18)20(23)16(10-19(28)30)21-26-27-22(31-21)25-13(2)29/h3-9H,10-11H2,1-2H3,(H,25,27,29). The summed E-state index contributed by atoms with van der Waals surface area (Å²) < 4.78 is 14.8. The number of hydrogen-bond acceptors (Lipinski definition) is 5. The number of hydrogen-bond donors (Lipinski definition) is 1. The number of benzene rings is 2. The van der Waals surface area contributed by atoms with Gasteiger partial charge in [0, 0.05) is 22.5 Å². The summed E-state index contributed by atoms with van der Waals surface area (Å²) in [4.78, 5) is 26.3. The van der Waals surface area contributed by atoms with Crippen LogP contribution in [0.3, 0.4) is 0 Å². The van der Waals surface area contributed by atoms with Gasteiger partial charge in [0.15, 0.2) is 0 Å². The predicted molar refractivity (Wildman–Crippen MR) is 123 cm³/mol. The molecule has 2 amide bonds. The van der Waals surface area contributed by atoms with Crippen LogP contribution in [0.5, 0.6) is 0 Å². The van der Waals surface area contributed by atoms with Crippen molar-refractivity contribution in [3.05, 3.63) is 70.0 Å². The van der Waals surface area contributed by atoms with Gasteiger partial charge in [-0.25, -0.2) is 4.39 Å². The Morgan fingerprint density at radius 3 is 2.77 bits per heavy atom. The third-order valence-corrected chi connectivity index (χ3v) is 6.67. The lowest BCUT2D eigenvalue weighted by molar-refractivity contribution is -0.117. The van der Waals surface area contributed by atoms with Crippen molar-refractivity contribution in [2.75, 3.05) is 10.2 Å². The molecule has 1 N–H and O–H groups in total. The quantitative estimate of drug-likeness (QED) is 0.537. The number of fused-ring (bicyclic) bond motifs is 1. The van der Waals surface area contributed by atoms with Crippen LogP contribution < -0.4 is 10.2 Å². The molecule has 1 aromatic heterocycles. The maximum absolute atomic E-state index is 14.1. The third kappa shape index (κ3) is 4.42. The summed E-state index contributed by atoms with van der Waals surface area (Å²) in [6, 6.07) is 12.5. The second kappa shape index (κ2) is 8.68. The average Bonchev–Trinajstić information content (AvgIpc) is 3.15. The van der Waals surface area contributed by atoms with Crippen LogP contribution in [0.2, 0.25) is 0 Å².